The Labute approximate surface area is 106 Å². The van der Waals surface area contributed by atoms with Gasteiger partial charge >= 0.3 is 0 Å². The van der Waals surface area contributed by atoms with E-state index < -0.39 is 0 Å². The number of rotatable bonds is 3. The third-order valence-electron chi connectivity index (χ3n) is 2.88. The fraction of sp³-hybridized carbons (Fsp3) is 0.545. The molecule has 0 saturated carbocycles. The maximum Gasteiger partial charge on any atom is 0.144 e. The molecule has 92 valence electrons. The summed E-state index contributed by atoms with van der Waals surface area (Å²) in [5.41, 5.74) is 6.01. The van der Waals surface area contributed by atoms with Gasteiger partial charge in [0.05, 0.1) is 19.0 Å². The maximum atomic E-state index is 5.46. The molecule has 1 saturated heterocycles. The smallest absolute Gasteiger partial charge is 0.144 e. The molecule has 1 aliphatic rings. The van der Waals surface area contributed by atoms with E-state index in [2.05, 4.69) is 22.2 Å². The van der Waals surface area contributed by atoms with Gasteiger partial charge in [-0.2, -0.15) is 0 Å². The first-order valence-corrected chi connectivity index (χ1v) is 6.04. The van der Waals surface area contributed by atoms with E-state index in [0.717, 1.165) is 25.5 Å². The lowest BCUT2D eigenvalue weighted by molar-refractivity contribution is 0.0537. The molecule has 0 radical (unpaired) electrons. The summed E-state index contributed by atoms with van der Waals surface area (Å²) in [7, 11) is 0. The third-order valence-corrected chi connectivity index (χ3v) is 3.09. The highest BCUT2D eigenvalue weighted by Crippen LogP contribution is 2.17. The molecule has 2 heterocycles. The Bertz CT molecular complexity index is 395. The summed E-state index contributed by atoms with van der Waals surface area (Å²) in [6.45, 7) is 3.74. The van der Waals surface area contributed by atoms with Crippen LogP contribution in [-0.4, -0.2) is 34.2 Å². The van der Waals surface area contributed by atoms with E-state index >= 15 is 0 Å². The highest BCUT2D eigenvalue weighted by molar-refractivity contribution is 7.80. The van der Waals surface area contributed by atoms with Crippen LogP contribution in [0.3, 0.4) is 0 Å². The highest BCUT2D eigenvalue weighted by atomic mass is 32.1. The largest absolute Gasteiger partial charge is 0.388 e. The molecule has 1 aromatic rings. The van der Waals surface area contributed by atoms with E-state index in [4.69, 9.17) is 22.7 Å². The predicted octanol–water partition coefficient (Wildman–Crippen LogP) is 0.948. The fourth-order valence-electron chi connectivity index (χ4n) is 1.81. The molecule has 0 spiro atoms. The van der Waals surface area contributed by atoms with Gasteiger partial charge in [0, 0.05) is 12.6 Å². The standard InChI is InChI=1S/C11H16N4OS/c1-7-6-16-3-2-8(7)15-10-5-13-9(4-14-10)11(12)17/h4-5,7-8H,2-3,6H2,1H3,(H2,12,17)(H,14,15). The van der Waals surface area contributed by atoms with Gasteiger partial charge in [0.25, 0.3) is 0 Å². The molecule has 0 aromatic carbocycles. The lowest BCUT2D eigenvalue weighted by Crippen LogP contribution is -2.36. The van der Waals surface area contributed by atoms with Crippen LogP contribution in [0.25, 0.3) is 0 Å². The van der Waals surface area contributed by atoms with Gasteiger partial charge < -0.3 is 15.8 Å². The van der Waals surface area contributed by atoms with Crippen molar-refractivity contribution in [3.05, 3.63) is 18.1 Å². The second kappa shape index (κ2) is 5.37. The zero-order valence-electron chi connectivity index (χ0n) is 9.72. The molecule has 2 atom stereocenters. The number of nitrogens with zero attached hydrogens (tertiary/aromatic N) is 2. The van der Waals surface area contributed by atoms with Crippen molar-refractivity contribution in [2.45, 2.75) is 19.4 Å². The Kier molecular flexibility index (Phi) is 3.86. The maximum absolute atomic E-state index is 5.46. The van der Waals surface area contributed by atoms with Crippen molar-refractivity contribution in [1.82, 2.24) is 9.97 Å². The summed E-state index contributed by atoms with van der Waals surface area (Å²) >= 11 is 4.82. The zero-order valence-corrected chi connectivity index (χ0v) is 10.5. The molecular formula is C11H16N4OS. The monoisotopic (exact) mass is 252 g/mol. The van der Waals surface area contributed by atoms with Crippen molar-refractivity contribution in [1.29, 1.82) is 0 Å². The average molecular weight is 252 g/mol. The second-order valence-corrected chi connectivity index (χ2v) is 4.68. The van der Waals surface area contributed by atoms with Crippen LogP contribution in [0.5, 0.6) is 0 Å². The first kappa shape index (κ1) is 12.2. The Morgan fingerprint density at radius 2 is 2.35 bits per heavy atom. The van der Waals surface area contributed by atoms with E-state index in [9.17, 15) is 0 Å². The number of thiocarbonyl (C=S) groups is 1. The number of hydrogen-bond donors (Lipinski definition) is 2. The van der Waals surface area contributed by atoms with E-state index in [1.165, 1.54) is 0 Å². The molecule has 1 fully saturated rings. The van der Waals surface area contributed by atoms with Crippen LogP contribution in [0.15, 0.2) is 12.4 Å². The van der Waals surface area contributed by atoms with Crippen molar-refractivity contribution in [3.8, 4) is 0 Å². The van der Waals surface area contributed by atoms with Gasteiger partial charge in [0.15, 0.2) is 0 Å². The molecule has 6 heteroatoms. The topological polar surface area (TPSA) is 73.1 Å². The molecule has 1 aliphatic heterocycles. The second-order valence-electron chi connectivity index (χ2n) is 4.24. The van der Waals surface area contributed by atoms with Crippen molar-refractivity contribution < 1.29 is 4.74 Å². The number of nitrogens with two attached hydrogens (primary N) is 1. The average Bonchev–Trinajstić information content (AvgIpc) is 2.33. The summed E-state index contributed by atoms with van der Waals surface area (Å²) in [5, 5.41) is 3.36. The van der Waals surface area contributed by atoms with Crippen molar-refractivity contribution in [3.63, 3.8) is 0 Å². The van der Waals surface area contributed by atoms with Gasteiger partial charge in [-0.3, -0.25) is 0 Å². The first-order chi connectivity index (χ1) is 8.16. The van der Waals surface area contributed by atoms with Gasteiger partial charge in [-0.25, -0.2) is 9.97 Å². The molecule has 17 heavy (non-hydrogen) atoms. The van der Waals surface area contributed by atoms with E-state index in [1.54, 1.807) is 12.4 Å². The van der Waals surface area contributed by atoms with Crippen LogP contribution in [0, 0.1) is 5.92 Å². The fourth-order valence-corrected chi connectivity index (χ4v) is 1.92. The molecule has 3 N–H and O–H groups in total. The van der Waals surface area contributed by atoms with Crippen LogP contribution >= 0.6 is 12.2 Å². The summed E-state index contributed by atoms with van der Waals surface area (Å²) in [4.78, 5) is 8.66. The number of nitrogens with one attached hydrogen (secondary N) is 1. The van der Waals surface area contributed by atoms with Gasteiger partial charge in [-0.15, -0.1) is 0 Å². The summed E-state index contributed by atoms with van der Waals surface area (Å²) in [6, 6.07) is 0.383. The summed E-state index contributed by atoms with van der Waals surface area (Å²) in [6.07, 6.45) is 4.24. The quantitative estimate of drug-likeness (QED) is 0.780. The molecule has 0 aliphatic carbocycles. The Balaban J connectivity index is 2.00. The van der Waals surface area contributed by atoms with Crippen LogP contribution in [0.4, 0.5) is 5.82 Å². The Hall–Kier alpha value is -1.27. The van der Waals surface area contributed by atoms with Crippen molar-refractivity contribution in [2.24, 2.45) is 11.7 Å². The van der Waals surface area contributed by atoms with Crippen molar-refractivity contribution >= 4 is 23.0 Å². The predicted molar refractivity (Wildman–Crippen MR) is 69.9 cm³/mol. The van der Waals surface area contributed by atoms with Gasteiger partial charge in [0.1, 0.15) is 16.5 Å². The third kappa shape index (κ3) is 3.10. The van der Waals surface area contributed by atoms with E-state index in [-0.39, 0.29) is 4.99 Å². The van der Waals surface area contributed by atoms with E-state index in [0.29, 0.717) is 17.7 Å². The zero-order chi connectivity index (χ0) is 12.3. The minimum atomic E-state index is 0.267. The molecule has 0 amide bonds. The molecule has 5 nitrogen and oxygen atoms in total. The molecule has 2 rings (SSSR count). The van der Waals surface area contributed by atoms with Crippen LogP contribution in [0.1, 0.15) is 19.0 Å². The lowest BCUT2D eigenvalue weighted by atomic mass is 9.98. The van der Waals surface area contributed by atoms with E-state index in [1.807, 2.05) is 0 Å². The highest BCUT2D eigenvalue weighted by Gasteiger charge is 2.21. The van der Waals surface area contributed by atoms with Gasteiger partial charge in [-0.1, -0.05) is 19.1 Å². The Morgan fingerprint density at radius 3 is 2.94 bits per heavy atom. The van der Waals surface area contributed by atoms with Gasteiger partial charge in [-0.05, 0) is 12.3 Å². The SMILES string of the molecule is CC1COCCC1Nc1cnc(C(N)=S)cn1. The summed E-state index contributed by atoms with van der Waals surface area (Å²) in [5.74, 6) is 1.23. The van der Waals surface area contributed by atoms with Crippen LogP contribution in [-0.2, 0) is 4.74 Å². The Morgan fingerprint density at radius 1 is 1.53 bits per heavy atom. The minimum absolute atomic E-state index is 0.267. The number of aromatic nitrogens is 2. The van der Waals surface area contributed by atoms with Crippen LogP contribution < -0.4 is 11.1 Å². The van der Waals surface area contributed by atoms with Gasteiger partial charge in [0.2, 0.25) is 0 Å². The number of anilines is 1. The summed E-state index contributed by atoms with van der Waals surface area (Å²) < 4.78 is 5.39. The lowest BCUT2D eigenvalue weighted by Gasteiger charge is -2.29. The number of ether oxygens (including phenoxy) is 1. The number of hydrogen-bond acceptors (Lipinski definition) is 5. The molecular weight excluding hydrogens is 236 g/mol. The molecule has 1 aromatic heterocycles. The first-order valence-electron chi connectivity index (χ1n) is 5.63. The molecule has 2 unspecified atom stereocenters. The molecule has 0 bridgehead atoms. The van der Waals surface area contributed by atoms with Crippen LogP contribution in [0.2, 0.25) is 0 Å². The minimum Gasteiger partial charge on any atom is -0.388 e. The van der Waals surface area contributed by atoms with Crippen molar-refractivity contribution in [2.75, 3.05) is 18.5 Å². The normalized spacial score (nSPS) is 24.3.